The number of esters is 1. The second kappa shape index (κ2) is 6.50. The van der Waals surface area contributed by atoms with E-state index in [9.17, 15) is 14.0 Å². The Morgan fingerprint density at radius 3 is 2.64 bits per heavy atom. The Bertz CT molecular complexity index is 781. The molecule has 0 radical (unpaired) electrons. The number of nitrogens with one attached hydrogen (secondary N) is 1. The van der Waals surface area contributed by atoms with Crippen molar-refractivity contribution >= 4 is 17.6 Å². The molecule has 0 saturated carbocycles. The van der Waals surface area contributed by atoms with Gasteiger partial charge in [-0.1, -0.05) is 6.07 Å². The number of rotatable bonds is 3. The van der Waals surface area contributed by atoms with Crippen molar-refractivity contribution in [1.82, 2.24) is 0 Å². The monoisotopic (exact) mass is 298 g/mol. The molecule has 5 nitrogen and oxygen atoms in total. The predicted octanol–water partition coefficient (Wildman–Crippen LogP) is 2.74. The molecule has 1 N–H and O–H groups in total. The van der Waals surface area contributed by atoms with Crippen molar-refractivity contribution in [2.75, 3.05) is 12.4 Å². The van der Waals surface area contributed by atoms with Crippen LogP contribution in [-0.2, 0) is 4.74 Å². The van der Waals surface area contributed by atoms with Gasteiger partial charge < -0.3 is 10.1 Å². The zero-order valence-corrected chi connectivity index (χ0v) is 11.6. The number of nitrogens with zero attached hydrogens (tertiary/aromatic N) is 1. The maximum atomic E-state index is 13.8. The van der Waals surface area contributed by atoms with E-state index in [1.165, 1.54) is 31.4 Å². The van der Waals surface area contributed by atoms with Gasteiger partial charge in [0.05, 0.1) is 29.9 Å². The molecule has 0 aliphatic carbocycles. The minimum Gasteiger partial charge on any atom is -0.465 e. The van der Waals surface area contributed by atoms with Gasteiger partial charge in [-0.15, -0.1) is 0 Å². The standard InChI is InChI=1S/C16H11FN2O3/c1-22-16(21)11-3-2-4-12(8-11)19-15(20)13-6-5-10(9-18)7-14(13)17/h2-8H,1H3,(H,19,20). The lowest BCUT2D eigenvalue weighted by molar-refractivity contribution is 0.0600. The first-order valence-electron chi connectivity index (χ1n) is 6.24. The zero-order chi connectivity index (χ0) is 16.1. The predicted molar refractivity (Wildman–Crippen MR) is 76.8 cm³/mol. The van der Waals surface area contributed by atoms with Crippen molar-refractivity contribution < 1.29 is 18.7 Å². The summed E-state index contributed by atoms with van der Waals surface area (Å²) in [7, 11) is 1.25. The minimum absolute atomic E-state index is 0.127. The molecule has 0 aliphatic heterocycles. The van der Waals surface area contributed by atoms with Gasteiger partial charge >= 0.3 is 5.97 Å². The molecule has 0 bridgehead atoms. The Kier molecular flexibility index (Phi) is 4.49. The lowest BCUT2D eigenvalue weighted by Crippen LogP contribution is -2.14. The molecule has 0 heterocycles. The lowest BCUT2D eigenvalue weighted by atomic mass is 10.1. The van der Waals surface area contributed by atoms with Gasteiger partial charge in [-0.25, -0.2) is 9.18 Å². The minimum atomic E-state index is -0.791. The Morgan fingerprint density at radius 2 is 2.00 bits per heavy atom. The van der Waals surface area contributed by atoms with Gasteiger partial charge in [0.1, 0.15) is 5.82 Å². The van der Waals surface area contributed by atoms with Gasteiger partial charge in [0.25, 0.3) is 5.91 Å². The van der Waals surface area contributed by atoms with E-state index in [4.69, 9.17) is 5.26 Å². The van der Waals surface area contributed by atoms with Crippen molar-refractivity contribution in [1.29, 1.82) is 5.26 Å². The summed E-state index contributed by atoms with van der Waals surface area (Å²) in [5, 5.41) is 11.2. The van der Waals surface area contributed by atoms with Crippen LogP contribution >= 0.6 is 0 Å². The third-order valence-electron chi connectivity index (χ3n) is 2.88. The first-order valence-corrected chi connectivity index (χ1v) is 6.24. The van der Waals surface area contributed by atoms with Gasteiger partial charge in [0.15, 0.2) is 0 Å². The molecule has 2 aromatic rings. The van der Waals surface area contributed by atoms with E-state index in [0.29, 0.717) is 5.69 Å². The van der Waals surface area contributed by atoms with Crippen LogP contribution in [0.2, 0.25) is 0 Å². The first-order chi connectivity index (χ1) is 10.5. The topological polar surface area (TPSA) is 79.2 Å². The van der Waals surface area contributed by atoms with E-state index in [2.05, 4.69) is 10.1 Å². The SMILES string of the molecule is COC(=O)c1cccc(NC(=O)c2ccc(C#N)cc2F)c1. The van der Waals surface area contributed by atoms with Crippen molar-refractivity contribution in [2.45, 2.75) is 0 Å². The van der Waals surface area contributed by atoms with E-state index >= 15 is 0 Å². The van der Waals surface area contributed by atoms with Gasteiger partial charge in [0.2, 0.25) is 0 Å². The molecule has 110 valence electrons. The fourth-order valence-electron chi connectivity index (χ4n) is 1.81. The molecule has 0 aromatic heterocycles. The fraction of sp³-hybridized carbons (Fsp3) is 0.0625. The van der Waals surface area contributed by atoms with E-state index in [1.807, 2.05) is 0 Å². The summed E-state index contributed by atoms with van der Waals surface area (Å²) in [4.78, 5) is 23.5. The maximum Gasteiger partial charge on any atom is 0.337 e. The molecule has 22 heavy (non-hydrogen) atoms. The number of benzene rings is 2. The zero-order valence-electron chi connectivity index (χ0n) is 11.6. The maximum absolute atomic E-state index is 13.8. The van der Waals surface area contributed by atoms with Gasteiger partial charge in [-0.3, -0.25) is 4.79 Å². The van der Waals surface area contributed by atoms with Crippen LogP contribution in [-0.4, -0.2) is 19.0 Å². The summed E-state index contributed by atoms with van der Waals surface area (Å²) in [6.45, 7) is 0. The van der Waals surface area contributed by atoms with Gasteiger partial charge in [-0.2, -0.15) is 5.26 Å². The van der Waals surface area contributed by atoms with Crippen LogP contribution in [0.5, 0.6) is 0 Å². The molecular formula is C16H11FN2O3. The molecule has 2 rings (SSSR count). The summed E-state index contributed by atoms with van der Waals surface area (Å²) >= 11 is 0. The summed E-state index contributed by atoms with van der Waals surface area (Å²) in [6, 6.07) is 11.4. The number of ether oxygens (including phenoxy) is 1. The van der Waals surface area contributed by atoms with E-state index in [-0.39, 0.29) is 16.7 Å². The Morgan fingerprint density at radius 1 is 1.23 bits per heavy atom. The molecule has 1 amide bonds. The molecular weight excluding hydrogens is 287 g/mol. The summed E-state index contributed by atoms with van der Waals surface area (Å²) in [5.74, 6) is -2.01. The van der Waals surface area contributed by atoms with Gasteiger partial charge in [0, 0.05) is 5.69 Å². The highest BCUT2D eigenvalue weighted by atomic mass is 19.1. The number of nitriles is 1. The molecule has 0 atom stereocenters. The summed E-state index contributed by atoms with van der Waals surface area (Å²) < 4.78 is 18.3. The largest absolute Gasteiger partial charge is 0.465 e. The number of anilines is 1. The lowest BCUT2D eigenvalue weighted by Gasteiger charge is -2.07. The van der Waals surface area contributed by atoms with Crippen molar-refractivity contribution in [3.63, 3.8) is 0 Å². The third-order valence-corrected chi connectivity index (χ3v) is 2.88. The number of hydrogen-bond acceptors (Lipinski definition) is 4. The Balaban J connectivity index is 2.22. The summed E-state index contributed by atoms with van der Waals surface area (Å²) in [6.07, 6.45) is 0. The highest BCUT2D eigenvalue weighted by Gasteiger charge is 2.13. The summed E-state index contributed by atoms with van der Waals surface area (Å²) in [5.41, 5.74) is 0.529. The van der Waals surface area contributed by atoms with Crippen LogP contribution in [0.15, 0.2) is 42.5 Å². The van der Waals surface area contributed by atoms with E-state index in [1.54, 1.807) is 18.2 Å². The van der Waals surface area contributed by atoms with Crippen LogP contribution in [0.4, 0.5) is 10.1 Å². The van der Waals surface area contributed by atoms with E-state index in [0.717, 1.165) is 6.07 Å². The van der Waals surface area contributed by atoms with Crippen LogP contribution in [0.3, 0.4) is 0 Å². The molecule has 0 fully saturated rings. The van der Waals surface area contributed by atoms with Crippen molar-refractivity contribution in [2.24, 2.45) is 0 Å². The molecule has 6 heteroatoms. The second-order valence-electron chi connectivity index (χ2n) is 4.33. The molecule has 0 unspecified atom stereocenters. The highest BCUT2D eigenvalue weighted by molar-refractivity contribution is 6.05. The molecule has 0 aliphatic rings. The average Bonchev–Trinajstić information content (AvgIpc) is 2.53. The number of hydrogen-bond donors (Lipinski definition) is 1. The second-order valence-corrected chi connectivity index (χ2v) is 4.33. The highest BCUT2D eigenvalue weighted by Crippen LogP contribution is 2.15. The van der Waals surface area contributed by atoms with Crippen molar-refractivity contribution in [3.05, 3.63) is 65.0 Å². The van der Waals surface area contributed by atoms with Crippen molar-refractivity contribution in [3.8, 4) is 6.07 Å². The number of carbonyl (C=O) groups is 2. The van der Waals surface area contributed by atoms with E-state index < -0.39 is 17.7 Å². The van der Waals surface area contributed by atoms with Crippen LogP contribution in [0.25, 0.3) is 0 Å². The van der Waals surface area contributed by atoms with Crippen LogP contribution < -0.4 is 5.32 Å². The van der Waals surface area contributed by atoms with Crippen LogP contribution in [0, 0.1) is 17.1 Å². The Labute approximate surface area is 125 Å². The number of carbonyl (C=O) groups excluding carboxylic acids is 2. The number of amides is 1. The Hall–Kier alpha value is -3.20. The third kappa shape index (κ3) is 3.27. The molecule has 2 aromatic carbocycles. The molecule has 0 saturated heterocycles. The first kappa shape index (κ1) is 15.2. The normalized spacial score (nSPS) is 9.68. The smallest absolute Gasteiger partial charge is 0.337 e. The van der Waals surface area contributed by atoms with Gasteiger partial charge in [-0.05, 0) is 36.4 Å². The van der Waals surface area contributed by atoms with Crippen LogP contribution in [0.1, 0.15) is 26.3 Å². The number of halogens is 1. The number of methoxy groups -OCH3 is 1. The quantitative estimate of drug-likeness (QED) is 0.884. The fourth-order valence-corrected chi connectivity index (χ4v) is 1.81. The average molecular weight is 298 g/mol. The molecule has 0 spiro atoms.